The van der Waals surface area contributed by atoms with E-state index in [0.29, 0.717) is 28.2 Å². The van der Waals surface area contributed by atoms with Crippen LogP contribution in [-0.2, 0) is 16.6 Å². The first-order chi connectivity index (χ1) is 12.5. The molecule has 29 heavy (non-hydrogen) atoms. The minimum Gasteiger partial charge on any atom is -1.00 e. The van der Waals surface area contributed by atoms with E-state index in [0.717, 1.165) is 0 Å². The normalized spacial score (nSPS) is 11.1. The molecular weight excluding hydrogens is 423 g/mol. The van der Waals surface area contributed by atoms with Gasteiger partial charge in [0, 0.05) is 18.3 Å². The van der Waals surface area contributed by atoms with Gasteiger partial charge < -0.3 is 31.6 Å². The van der Waals surface area contributed by atoms with E-state index in [-0.39, 0.29) is 58.6 Å². The monoisotopic (exact) mass is 443 g/mol. The molecule has 0 aliphatic heterocycles. The van der Waals surface area contributed by atoms with Crippen molar-refractivity contribution < 1.29 is 69.1 Å². The SMILES string of the molecule is COc1ccnc(C[S@](=O)c2nc3ccc(OC(F)F)cc3[nH]2)c1OC.O.O.[H-].[Na+]. The van der Waals surface area contributed by atoms with Crippen LogP contribution in [0.1, 0.15) is 7.12 Å². The van der Waals surface area contributed by atoms with Gasteiger partial charge in [0.15, 0.2) is 16.7 Å². The zero-order valence-electron chi connectivity index (χ0n) is 16.9. The van der Waals surface area contributed by atoms with E-state index in [1.165, 1.54) is 38.6 Å². The van der Waals surface area contributed by atoms with Crippen molar-refractivity contribution in [3.05, 3.63) is 36.2 Å². The zero-order chi connectivity index (χ0) is 18.7. The molecule has 3 rings (SSSR count). The van der Waals surface area contributed by atoms with E-state index in [1.807, 2.05) is 0 Å². The molecule has 1 aromatic carbocycles. The van der Waals surface area contributed by atoms with E-state index < -0.39 is 17.4 Å². The maximum atomic E-state index is 12.6. The quantitative estimate of drug-likeness (QED) is 0.433. The first kappa shape index (κ1) is 27.2. The third-order valence-electron chi connectivity index (χ3n) is 3.51. The average Bonchev–Trinajstić information content (AvgIpc) is 3.04. The fourth-order valence-electron chi connectivity index (χ4n) is 2.40. The molecule has 0 bridgehead atoms. The van der Waals surface area contributed by atoms with Gasteiger partial charge in [-0.25, -0.2) is 4.98 Å². The standard InChI is InChI=1S/C16H15F2N3O4S.Na.2H2O.H/c1-23-13-5-6-19-12(14(13)24-2)8-26(22)16-20-10-4-3-9(25-15(17)18)7-11(10)21-16;;;;/h3-7,15H,8H2,1-2H3,(H,20,21);;2*1H2;/q;+1;;;-1/t26-;;;;/m0..../s1. The topological polar surface area (TPSA) is 149 Å². The minimum atomic E-state index is -2.92. The van der Waals surface area contributed by atoms with Crippen molar-refractivity contribution in [1.82, 2.24) is 15.0 Å². The number of fused-ring (bicyclic) bond motifs is 1. The maximum Gasteiger partial charge on any atom is 1.00 e. The first-order valence-corrected chi connectivity index (χ1v) is 8.72. The number of nitrogens with one attached hydrogen (secondary N) is 1. The molecular formula is C16H20F2N3NaO6S. The second kappa shape index (κ2) is 12.0. The second-order valence-corrected chi connectivity index (χ2v) is 6.45. The number of pyridine rings is 1. The van der Waals surface area contributed by atoms with Crippen LogP contribution in [0.3, 0.4) is 0 Å². The Morgan fingerprint density at radius 2 is 1.93 bits per heavy atom. The third kappa shape index (κ3) is 6.32. The van der Waals surface area contributed by atoms with Crippen molar-refractivity contribution >= 4 is 21.8 Å². The molecule has 13 heteroatoms. The number of ether oxygens (including phenoxy) is 3. The summed E-state index contributed by atoms with van der Waals surface area (Å²) in [5.74, 6) is 0.908. The maximum absolute atomic E-state index is 12.6. The Balaban J connectivity index is 0. The molecule has 0 radical (unpaired) electrons. The van der Waals surface area contributed by atoms with Crippen LogP contribution in [-0.4, -0.2) is 50.9 Å². The van der Waals surface area contributed by atoms with Crippen molar-refractivity contribution in [3.8, 4) is 17.2 Å². The Morgan fingerprint density at radius 3 is 2.55 bits per heavy atom. The fraction of sp³-hybridized carbons (Fsp3) is 0.250. The van der Waals surface area contributed by atoms with Gasteiger partial charge in [0.25, 0.3) is 0 Å². The summed E-state index contributed by atoms with van der Waals surface area (Å²) in [6.07, 6.45) is 1.53. The molecule has 0 fully saturated rings. The Kier molecular flexibility index (Phi) is 11.2. The van der Waals surface area contributed by atoms with Crippen LogP contribution in [0.25, 0.3) is 11.0 Å². The number of hydrogen-bond acceptors (Lipinski definition) is 6. The molecule has 9 nitrogen and oxygen atoms in total. The molecule has 0 aliphatic rings. The molecule has 2 heterocycles. The molecule has 0 unspecified atom stereocenters. The van der Waals surface area contributed by atoms with Crippen LogP contribution in [0.5, 0.6) is 17.2 Å². The fourth-order valence-corrected chi connectivity index (χ4v) is 3.41. The van der Waals surface area contributed by atoms with Gasteiger partial charge in [-0.3, -0.25) is 9.19 Å². The molecule has 0 saturated carbocycles. The zero-order valence-corrected chi connectivity index (χ0v) is 18.7. The van der Waals surface area contributed by atoms with Gasteiger partial charge in [0.1, 0.15) is 5.75 Å². The number of H-pyrrole nitrogens is 1. The molecule has 0 saturated heterocycles. The summed E-state index contributed by atoms with van der Waals surface area (Å²) in [5, 5.41) is 0.195. The van der Waals surface area contributed by atoms with E-state index >= 15 is 0 Å². The summed E-state index contributed by atoms with van der Waals surface area (Å²) in [6.45, 7) is -2.92. The van der Waals surface area contributed by atoms with Crippen LogP contribution in [0.2, 0.25) is 0 Å². The molecule has 0 aliphatic carbocycles. The number of imidazole rings is 1. The van der Waals surface area contributed by atoms with Crippen LogP contribution in [0.15, 0.2) is 35.6 Å². The molecule has 1 atom stereocenters. The Morgan fingerprint density at radius 1 is 1.21 bits per heavy atom. The van der Waals surface area contributed by atoms with Gasteiger partial charge in [0.05, 0.1) is 47.5 Å². The van der Waals surface area contributed by atoms with Gasteiger partial charge in [-0.2, -0.15) is 8.78 Å². The Bertz CT molecular complexity index is 966. The van der Waals surface area contributed by atoms with Crippen LogP contribution in [0, 0.1) is 0 Å². The Labute approximate surface area is 190 Å². The summed E-state index contributed by atoms with van der Waals surface area (Å²) in [4.78, 5) is 11.3. The molecule has 0 amide bonds. The molecule has 156 valence electrons. The number of benzene rings is 1. The number of aromatic amines is 1. The second-order valence-electron chi connectivity index (χ2n) is 5.08. The first-order valence-electron chi connectivity index (χ1n) is 7.40. The largest absolute Gasteiger partial charge is 1.00 e. The van der Waals surface area contributed by atoms with Gasteiger partial charge in [-0.15, -0.1) is 0 Å². The number of nitrogens with zero attached hydrogens (tertiary/aromatic N) is 2. The third-order valence-corrected chi connectivity index (χ3v) is 4.67. The number of halogens is 2. The predicted molar refractivity (Wildman–Crippen MR) is 98.5 cm³/mol. The average molecular weight is 443 g/mol. The summed E-state index contributed by atoms with van der Waals surface area (Å²) >= 11 is 0. The van der Waals surface area contributed by atoms with Crippen molar-refractivity contribution in [2.24, 2.45) is 0 Å². The summed E-state index contributed by atoms with van der Waals surface area (Å²) in [7, 11) is 1.41. The minimum absolute atomic E-state index is 0. The number of methoxy groups -OCH3 is 2. The summed E-state index contributed by atoms with van der Waals surface area (Å²) in [6, 6.07) is 5.89. The van der Waals surface area contributed by atoms with Crippen molar-refractivity contribution in [2.45, 2.75) is 17.5 Å². The number of aromatic nitrogens is 3. The number of hydrogen-bond donors (Lipinski definition) is 1. The van der Waals surface area contributed by atoms with Gasteiger partial charge in [0.2, 0.25) is 0 Å². The molecule has 5 N–H and O–H groups in total. The van der Waals surface area contributed by atoms with Crippen LogP contribution in [0.4, 0.5) is 8.78 Å². The van der Waals surface area contributed by atoms with Crippen molar-refractivity contribution in [1.29, 1.82) is 0 Å². The number of rotatable bonds is 7. The Hall–Kier alpha value is -1.83. The van der Waals surface area contributed by atoms with Gasteiger partial charge in [-0.05, 0) is 12.1 Å². The van der Waals surface area contributed by atoms with Gasteiger partial charge in [-0.1, -0.05) is 0 Å². The van der Waals surface area contributed by atoms with Crippen LogP contribution >= 0.6 is 0 Å². The van der Waals surface area contributed by atoms with E-state index in [9.17, 15) is 13.0 Å². The number of alkyl halides is 2. The van der Waals surface area contributed by atoms with E-state index in [1.54, 1.807) is 6.07 Å². The predicted octanol–water partition coefficient (Wildman–Crippen LogP) is -1.65. The van der Waals surface area contributed by atoms with Crippen LogP contribution < -0.4 is 43.8 Å². The smallest absolute Gasteiger partial charge is 1.00 e. The van der Waals surface area contributed by atoms with Crippen molar-refractivity contribution in [3.63, 3.8) is 0 Å². The van der Waals surface area contributed by atoms with Crippen molar-refractivity contribution in [2.75, 3.05) is 14.2 Å². The molecule has 3 aromatic rings. The van der Waals surface area contributed by atoms with Gasteiger partial charge >= 0.3 is 36.2 Å². The summed E-state index contributed by atoms with van der Waals surface area (Å²) < 4.78 is 52.1. The summed E-state index contributed by atoms with van der Waals surface area (Å²) in [5.41, 5.74) is 1.38. The molecule has 0 spiro atoms. The van der Waals surface area contributed by atoms with E-state index in [4.69, 9.17) is 9.47 Å². The van der Waals surface area contributed by atoms with E-state index in [2.05, 4.69) is 19.7 Å². The molecule has 2 aromatic heterocycles.